The Balaban J connectivity index is 1.43. The first kappa shape index (κ1) is 15.1. The van der Waals surface area contributed by atoms with Crippen molar-refractivity contribution in [1.82, 2.24) is 19.7 Å². The Morgan fingerprint density at radius 1 is 1.43 bits per heavy atom. The summed E-state index contributed by atoms with van der Waals surface area (Å²) in [5.74, 6) is 0.863. The van der Waals surface area contributed by atoms with Crippen molar-refractivity contribution >= 4 is 16.5 Å². The molecule has 1 N–H and O–H groups in total. The van der Waals surface area contributed by atoms with Gasteiger partial charge < -0.3 is 10.1 Å². The molecule has 23 heavy (non-hydrogen) atoms. The first-order valence-electron chi connectivity index (χ1n) is 8.26. The van der Waals surface area contributed by atoms with E-state index in [4.69, 9.17) is 9.72 Å². The molecular formula is C16H23N5OS. The minimum absolute atomic E-state index is 0.233. The molecule has 2 fully saturated rings. The van der Waals surface area contributed by atoms with Crippen molar-refractivity contribution in [1.29, 1.82) is 0 Å². The third-order valence-corrected chi connectivity index (χ3v) is 5.30. The zero-order valence-corrected chi connectivity index (χ0v) is 14.3. The van der Waals surface area contributed by atoms with Crippen LogP contribution in [0.25, 0.3) is 0 Å². The van der Waals surface area contributed by atoms with Crippen molar-refractivity contribution in [3.63, 3.8) is 0 Å². The van der Waals surface area contributed by atoms with Gasteiger partial charge in [0.15, 0.2) is 5.13 Å². The van der Waals surface area contributed by atoms with Crippen LogP contribution in [0.15, 0.2) is 17.8 Å². The van der Waals surface area contributed by atoms with Crippen LogP contribution in [0.4, 0.5) is 5.13 Å². The van der Waals surface area contributed by atoms with Gasteiger partial charge in [-0.25, -0.2) is 4.98 Å². The van der Waals surface area contributed by atoms with Gasteiger partial charge in [0.1, 0.15) is 0 Å². The van der Waals surface area contributed by atoms with Crippen molar-refractivity contribution in [3.05, 3.63) is 29.0 Å². The summed E-state index contributed by atoms with van der Waals surface area (Å²) < 4.78 is 7.56. The highest BCUT2D eigenvalue weighted by molar-refractivity contribution is 7.13. The lowest BCUT2D eigenvalue weighted by molar-refractivity contribution is -0.0140. The van der Waals surface area contributed by atoms with Gasteiger partial charge in [-0.1, -0.05) is 0 Å². The topological polar surface area (TPSA) is 55.2 Å². The van der Waals surface area contributed by atoms with Crippen molar-refractivity contribution in [2.45, 2.75) is 25.4 Å². The molecule has 0 spiro atoms. The molecule has 1 aliphatic carbocycles. The van der Waals surface area contributed by atoms with Gasteiger partial charge in [-0.15, -0.1) is 11.3 Å². The smallest absolute Gasteiger partial charge is 0.182 e. The van der Waals surface area contributed by atoms with Gasteiger partial charge in [0.25, 0.3) is 0 Å². The fourth-order valence-corrected chi connectivity index (χ4v) is 3.73. The molecule has 3 heterocycles. The fraction of sp³-hybridized carbons (Fsp3) is 0.625. The number of hydrogen-bond donors (Lipinski definition) is 1. The normalized spacial score (nSPS) is 22.4. The number of anilines is 1. The third kappa shape index (κ3) is 3.73. The Bertz CT molecular complexity index is 650. The monoisotopic (exact) mass is 333 g/mol. The van der Waals surface area contributed by atoms with Crippen LogP contribution in [0.5, 0.6) is 0 Å². The van der Waals surface area contributed by atoms with E-state index in [9.17, 15) is 0 Å². The van der Waals surface area contributed by atoms with Crippen LogP contribution in [-0.2, 0) is 18.3 Å². The van der Waals surface area contributed by atoms with Gasteiger partial charge in [-0.05, 0) is 18.8 Å². The second-order valence-corrected chi connectivity index (χ2v) is 7.34. The van der Waals surface area contributed by atoms with E-state index in [1.165, 1.54) is 18.4 Å². The molecule has 6 nitrogen and oxygen atoms in total. The van der Waals surface area contributed by atoms with Crippen molar-refractivity contribution in [3.8, 4) is 0 Å². The van der Waals surface area contributed by atoms with E-state index in [2.05, 4.69) is 26.9 Å². The highest BCUT2D eigenvalue weighted by atomic mass is 32.1. The second-order valence-electron chi connectivity index (χ2n) is 6.49. The lowest BCUT2D eigenvalue weighted by Crippen LogP contribution is -2.39. The molecule has 0 amide bonds. The number of nitrogens with one attached hydrogen (secondary N) is 1. The molecule has 1 atom stereocenters. The Hall–Kier alpha value is -1.44. The van der Waals surface area contributed by atoms with Gasteiger partial charge in [-0.3, -0.25) is 9.58 Å². The van der Waals surface area contributed by atoms with E-state index >= 15 is 0 Å². The lowest BCUT2D eigenvalue weighted by Gasteiger charge is -2.34. The number of nitrogens with zero attached hydrogens (tertiary/aromatic N) is 4. The molecule has 2 aromatic heterocycles. The number of morpholine rings is 1. The molecule has 4 rings (SSSR count). The van der Waals surface area contributed by atoms with Crippen LogP contribution in [0, 0.1) is 5.92 Å². The summed E-state index contributed by atoms with van der Waals surface area (Å²) in [6.45, 7) is 4.39. The van der Waals surface area contributed by atoms with E-state index in [-0.39, 0.29) is 6.04 Å². The van der Waals surface area contributed by atoms with Gasteiger partial charge in [0.05, 0.1) is 31.1 Å². The zero-order valence-electron chi connectivity index (χ0n) is 13.4. The van der Waals surface area contributed by atoms with E-state index < -0.39 is 0 Å². The highest BCUT2D eigenvalue weighted by Gasteiger charge is 2.27. The van der Waals surface area contributed by atoms with Gasteiger partial charge in [0.2, 0.25) is 0 Å². The summed E-state index contributed by atoms with van der Waals surface area (Å²) in [7, 11) is 1.96. The number of aryl methyl sites for hydroxylation is 1. The Kier molecular flexibility index (Phi) is 4.33. The minimum Gasteiger partial charge on any atom is -0.378 e. The summed E-state index contributed by atoms with van der Waals surface area (Å²) in [4.78, 5) is 7.24. The van der Waals surface area contributed by atoms with Crippen LogP contribution in [0.3, 0.4) is 0 Å². The van der Waals surface area contributed by atoms with Crippen molar-refractivity contribution in [2.24, 2.45) is 13.0 Å². The molecule has 2 aromatic rings. The quantitative estimate of drug-likeness (QED) is 0.879. The molecule has 1 saturated heterocycles. The van der Waals surface area contributed by atoms with E-state index in [1.807, 2.05) is 17.9 Å². The summed E-state index contributed by atoms with van der Waals surface area (Å²) in [5, 5.41) is 10.9. The molecule has 124 valence electrons. The van der Waals surface area contributed by atoms with Crippen molar-refractivity contribution in [2.75, 3.05) is 31.6 Å². The van der Waals surface area contributed by atoms with Crippen LogP contribution < -0.4 is 5.32 Å². The van der Waals surface area contributed by atoms with E-state index in [0.29, 0.717) is 6.61 Å². The predicted octanol–water partition coefficient (Wildman–Crippen LogP) is 2.27. The lowest BCUT2D eigenvalue weighted by atomic mass is 10.1. The fourth-order valence-electron chi connectivity index (χ4n) is 2.96. The largest absolute Gasteiger partial charge is 0.378 e. The zero-order chi connectivity index (χ0) is 15.6. The summed E-state index contributed by atoms with van der Waals surface area (Å²) >= 11 is 1.70. The molecule has 1 aliphatic heterocycles. The number of ether oxygens (including phenoxy) is 1. The number of hydrogen-bond acceptors (Lipinski definition) is 6. The van der Waals surface area contributed by atoms with Gasteiger partial charge in [0, 0.05) is 43.8 Å². The summed E-state index contributed by atoms with van der Waals surface area (Å²) in [5.41, 5.74) is 2.36. The average molecular weight is 333 g/mol. The van der Waals surface area contributed by atoms with Crippen LogP contribution in [-0.4, -0.2) is 46.0 Å². The first-order chi connectivity index (χ1) is 11.3. The van der Waals surface area contributed by atoms with E-state index in [1.54, 1.807) is 11.3 Å². The van der Waals surface area contributed by atoms with Crippen LogP contribution >= 0.6 is 11.3 Å². The first-order valence-corrected chi connectivity index (χ1v) is 9.14. The Labute approximate surface area is 140 Å². The molecule has 0 aromatic carbocycles. The maximum Gasteiger partial charge on any atom is 0.182 e. The minimum atomic E-state index is 0.233. The van der Waals surface area contributed by atoms with Crippen LogP contribution in [0.2, 0.25) is 0 Å². The Morgan fingerprint density at radius 2 is 2.35 bits per heavy atom. The average Bonchev–Trinajstić information content (AvgIpc) is 3.12. The maximum absolute atomic E-state index is 5.71. The summed E-state index contributed by atoms with van der Waals surface area (Å²) in [6, 6.07) is 0.233. The number of aromatic nitrogens is 3. The molecular weight excluding hydrogens is 310 g/mol. The second kappa shape index (κ2) is 6.59. The van der Waals surface area contributed by atoms with Crippen LogP contribution in [0.1, 0.15) is 30.1 Å². The third-order valence-electron chi connectivity index (χ3n) is 4.49. The molecule has 0 bridgehead atoms. The molecule has 2 aliphatic rings. The van der Waals surface area contributed by atoms with E-state index in [0.717, 1.165) is 43.0 Å². The number of thiazole rings is 1. The predicted molar refractivity (Wildman–Crippen MR) is 90.5 cm³/mol. The highest BCUT2D eigenvalue weighted by Crippen LogP contribution is 2.31. The standard InChI is InChI=1S/C16H23N5OS/c1-20-8-13(7-18-20)9-21-4-5-22-10-15(21)14-11-23-16(19-14)17-6-12-2-3-12/h7-8,11-12,15H,2-6,9-10H2,1H3,(H,17,19)/t15-/m0/s1. The Morgan fingerprint density at radius 3 is 3.13 bits per heavy atom. The number of rotatable bonds is 6. The van der Waals surface area contributed by atoms with Gasteiger partial charge >= 0.3 is 0 Å². The molecule has 7 heteroatoms. The maximum atomic E-state index is 5.71. The SMILES string of the molecule is Cn1cc(CN2CCOC[C@H]2c2csc(NCC3CC3)n2)cn1. The van der Waals surface area contributed by atoms with Crippen molar-refractivity contribution < 1.29 is 4.74 Å². The molecule has 0 radical (unpaired) electrons. The van der Waals surface area contributed by atoms with Gasteiger partial charge in [-0.2, -0.15) is 5.10 Å². The summed E-state index contributed by atoms with van der Waals surface area (Å²) in [6.07, 6.45) is 6.74. The molecule has 0 unspecified atom stereocenters. The molecule has 1 saturated carbocycles.